The molecule has 9 heteroatoms. The summed E-state index contributed by atoms with van der Waals surface area (Å²) in [6, 6.07) is 9.90. The van der Waals surface area contributed by atoms with Crippen LogP contribution >= 0.6 is 11.8 Å². The lowest BCUT2D eigenvalue weighted by Crippen LogP contribution is -2.41. The summed E-state index contributed by atoms with van der Waals surface area (Å²) in [5.41, 5.74) is 3.77. The number of carbonyl (C=O) groups is 2. The number of esters is 2. The van der Waals surface area contributed by atoms with Gasteiger partial charge in [-0.15, -0.1) is 16.9 Å². The fourth-order valence-electron chi connectivity index (χ4n) is 3.90. The van der Waals surface area contributed by atoms with Crippen molar-refractivity contribution in [2.24, 2.45) is 11.3 Å². The van der Waals surface area contributed by atoms with E-state index in [1.807, 2.05) is 32.0 Å². The van der Waals surface area contributed by atoms with E-state index in [9.17, 15) is 9.59 Å². The second kappa shape index (κ2) is 10.2. The van der Waals surface area contributed by atoms with Gasteiger partial charge in [0.15, 0.2) is 5.41 Å². The lowest BCUT2D eigenvalue weighted by atomic mass is 9.85. The number of nitrogens with one attached hydrogen (secondary N) is 1. The van der Waals surface area contributed by atoms with Crippen molar-refractivity contribution in [3.8, 4) is 0 Å². The zero-order valence-electron chi connectivity index (χ0n) is 18.5. The molecular formula is C22H30N4O4S. The Morgan fingerprint density at radius 3 is 2.32 bits per heavy atom. The molecule has 1 aromatic carbocycles. The minimum Gasteiger partial charge on any atom is -0.465 e. The quantitative estimate of drug-likeness (QED) is 0.357. The summed E-state index contributed by atoms with van der Waals surface area (Å²) in [6.07, 6.45) is 0.637. The summed E-state index contributed by atoms with van der Waals surface area (Å²) >= 11 is 1.70. The predicted octanol–water partition coefficient (Wildman–Crippen LogP) is 3.12. The molecule has 168 valence electrons. The van der Waals surface area contributed by atoms with Crippen molar-refractivity contribution in [3.63, 3.8) is 0 Å². The van der Waals surface area contributed by atoms with Gasteiger partial charge in [-0.05, 0) is 63.8 Å². The number of carbonyl (C=O) groups excluding carboxylic acids is 2. The molecule has 1 fully saturated rings. The molecule has 0 amide bonds. The minimum absolute atomic E-state index is 0.0166. The van der Waals surface area contributed by atoms with Crippen LogP contribution in [0.1, 0.15) is 38.1 Å². The first-order valence-electron chi connectivity index (χ1n) is 10.6. The van der Waals surface area contributed by atoms with E-state index in [0.29, 0.717) is 6.42 Å². The number of hydrogen-bond donors (Lipinski definition) is 1. The van der Waals surface area contributed by atoms with E-state index < -0.39 is 17.4 Å². The number of rotatable bonds is 9. The second-order valence-corrected chi connectivity index (χ2v) is 8.82. The molecule has 3 rings (SSSR count). The maximum Gasteiger partial charge on any atom is 0.323 e. The predicted molar refractivity (Wildman–Crippen MR) is 118 cm³/mol. The second-order valence-electron chi connectivity index (χ2n) is 7.72. The van der Waals surface area contributed by atoms with E-state index in [2.05, 4.69) is 27.9 Å². The number of hydrogen-bond acceptors (Lipinski definition) is 8. The van der Waals surface area contributed by atoms with Gasteiger partial charge in [0.05, 0.1) is 24.6 Å². The summed E-state index contributed by atoms with van der Waals surface area (Å²) in [5, 5.41) is 8.26. The van der Waals surface area contributed by atoms with E-state index in [1.165, 1.54) is 0 Å². The van der Waals surface area contributed by atoms with Gasteiger partial charge in [-0.1, -0.05) is 18.2 Å². The molecule has 0 aliphatic heterocycles. The molecule has 2 aromatic rings. The van der Waals surface area contributed by atoms with E-state index in [4.69, 9.17) is 9.47 Å². The number of ether oxygens (including phenoxy) is 2. The van der Waals surface area contributed by atoms with Crippen molar-refractivity contribution < 1.29 is 19.1 Å². The zero-order chi connectivity index (χ0) is 22.4. The van der Waals surface area contributed by atoms with Crippen LogP contribution in [-0.2, 0) is 19.1 Å². The minimum atomic E-state index is -1.32. The van der Waals surface area contributed by atoms with Crippen LogP contribution in [0.2, 0.25) is 0 Å². The average molecular weight is 447 g/mol. The van der Waals surface area contributed by atoms with E-state index in [-0.39, 0.29) is 31.6 Å². The Bertz CT molecular complexity index is 884. The van der Waals surface area contributed by atoms with Gasteiger partial charge in [-0.25, -0.2) is 0 Å². The first kappa shape index (κ1) is 23.1. The van der Waals surface area contributed by atoms with Gasteiger partial charge in [-0.2, -0.15) is 4.79 Å². The standard InChI is InChI=1S/C22H30N4O4S/c1-5-29-20(27)22(21(28)30-6-2)12-17(14-31-18-10-8-7-9-11-18)19(13-22)24-26-16(4)15(3)23-25-26/h7-11,17,19,24H,5-6,12-14H2,1-4H3/t17-,19-/m1/s1. The number of aryl methyl sites for hydroxylation is 1. The molecule has 1 saturated carbocycles. The SMILES string of the molecule is CCOC(=O)C1(C(=O)OCC)C[C@H](CSc2ccccc2)[C@H](Nn2nnc(C)c2C)C1. The first-order valence-corrected chi connectivity index (χ1v) is 11.6. The van der Waals surface area contributed by atoms with Crippen molar-refractivity contribution in [3.05, 3.63) is 41.7 Å². The lowest BCUT2D eigenvalue weighted by Gasteiger charge is -2.24. The van der Waals surface area contributed by atoms with Crippen LogP contribution in [-0.4, -0.2) is 52.0 Å². The highest BCUT2D eigenvalue weighted by molar-refractivity contribution is 7.99. The molecule has 0 saturated heterocycles. The Kier molecular flexibility index (Phi) is 7.59. The van der Waals surface area contributed by atoms with Crippen molar-refractivity contribution in [2.75, 3.05) is 24.4 Å². The fourth-order valence-corrected chi connectivity index (χ4v) is 5.01. The Labute approximate surface area is 187 Å². The smallest absolute Gasteiger partial charge is 0.323 e. The third kappa shape index (κ3) is 5.03. The molecular weight excluding hydrogens is 416 g/mol. The van der Waals surface area contributed by atoms with Gasteiger partial charge >= 0.3 is 11.9 Å². The molecule has 8 nitrogen and oxygen atoms in total. The van der Waals surface area contributed by atoms with Crippen molar-refractivity contribution >= 4 is 23.7 Å². The number of nitrogens with zero attached hydrogens (tertiary/aromatic N) is 3. The molecule has 1 heterocycles. The number of aromatic nitrogens is 3. The monoisotopic (exact) mass is 446 g/mol. The number of thioether (sulfide) groups is 1. The molecule has 0 unspecified atom stereocenters. The highest BCUT2D eigenvalue weighted by Gasteiger charge is 2.57. The zero-order valence-corrected chi connectivity index (χ0v) is 19.3. The molecule has 1 aliphatic carbocycles. The van der Waals surface area contributed by atoms with Crippen LogP contribution < -0.4 is 5.43 Å². The van der Waals surface area contributed by atoms with Crippen molar-refractivity contribution in [2.45, 2.75) is 51.5 Å². The molecule has 0 spiro atoms. The Balaban J connectivity index is 1.88. The summed E-state index contributed by atoms with van der Waals surface area (Å²) in [7, 11) is 0. The van der Waals surface area contributed by atoms with Gasteiger partial charge in [0.25, 0.3) is 0 Å². The van der Waals surface area contributed by atoms with Gasteiger partial charge in [0.2, 0.25) is 0 Å². The van der Waals surface area contributed by atoms with Crippen LogP contribution in [0, 0.1) is 25.2 Å². The largest absolute Gasteiger partial charge is 0.465 e. The maximum atomic E-state index is 13.0. The van der Waals surface area contributed by atoms with Crippen LogP contribution in [0.3, 0.4) is 0 Å². The van der Waals surface area contributed by atoms with Crippen LogP contribution in [0.25, 0.3) is 0 Å². The van der Waals surface area contributed by atoms with Crippen molar-refractivity contribution in [1.82, 2.24) is 15.1 Å². The molecule has 1 aromatic heterocycles. The average Bonchev–Trinajstić information content (AvgIpc) is 3.29. The Hall–Kier alpha value is -2.55. The van der Waals surface area contributed by atoms with E-state index >= 15 is 0 Å². The topological polar surface area (TPSA) is 95.3 Å². The summed E-state index contributed by atoms with van der Waals surface area (Å²) in [5.74, 6) is -0.282. The Morgan fingerprint density at radius 1 is 1.13 bits per heavy atom. The lowest BCUT2D eigenvalue weighted by molar-refractivity contribution is -0.171. The summed E-state index contributed by atoms with van der Waals surface area (Å²) < 4.78 is 10.7. The molecule has 0 radical (unpaired) electrons. The molecule has 31 heavy (non-hydrogen) atoms. The number of benzene rings is 1. The molecule has 1 aliphatic rings. The molecule has 1 N–H and O–H groups in total. The van der Waals surface area contributed by atoms with E-state index in [1.54, 1.807) is 30.4 Å². The molecule has 2 atom stereocenters. The highest BCUT2D eigenvalue weighted by Crippen LogP contribution is 2.46. The van der Waals surface area contributed by atoms with Gasteiger partial charge in [0, 0.05) is 16.7 Å². The van der Waals surface area contributed by atoms with Crippen molar-refractivity contribution in [1.29, 1.82) is 0 Å². The summed E-state index contributed by atoms with van der Waals surface area (Å²) in [4.78, 5) is 28.7. The first-order chi connectivity index (χ1) is 14.9. The summed E-state index contributed by atoms with van der Waals surface area (Å²) in [6.45, 7) is 7.72. The highest BCUT2D eigenvalue weighted by atomic mass is 32.2. The third-order valence-corrected chi connectivity index (χ3v) is 6.90. The molecule has 0 bridgehead atoms. The van der Waals surface area contributed by atoms with Gasteiger partial charge < -0.3 is 14.9 Å². The van der Waals surface area contributed by atoms with Crippen LogP contribution in [0.15, 0.2) is 35.2 Å². The van der Waals surface area contributed by atoms with Crippen LogP contribution in [0.5, 0.6) is 0 Å². The van der Waals surface area contributed by atoms with Gasteiger partial charge in [0.1, 0.15) is 0 Å². The Morgan fingerprint density at radius 2 is 1.77 bits per heavy atom. The van der Waals surface area contributed by atoms with E-state index in [0.717, 1.165) is 22.0 Å². The fraction of sp³-hybridized carbons (Fsp3) is 0.545. The normalized spacial score (nSPS) is 19.7. The van der Waals surface area contributed by atoms with Crippen LogP contribution in [0.4, 0.5) is 0 Å². The third-order valence-electron chi connectivity index (χ3n) is 5.70. The van der Waals surface area contributed by atoms with Gasteiger partial charge in [-0.3, -0.25) is 9.59 Å². The maximum absolute atomic E-state index is 13.0.